The van der Waals surface area contributed by atoms with Crippen LogP contribution >= 0.6 is 35.3 Å². The van der Waals surface area contributed by atoms with Gasteiger partial charge >= 0.3 is 6.18 Å². The van der Waals surface area contributed by atoms with Crippen LogP contribution in [0.25, 0.3) is 0 Å². The Labute approximate surface area is 154 Å². The van der Waals surface area contributed by atoms with Crippen molar-refractivity contribution in [3.8, 4) is 0 Å². The number of benzene rings is 1. The topological polar surface area (TPSA) is 15.3 Å². The molecule has 24 heavy (non-hydrogen) atoms. The van der Waals surface area contributed by atoms with Gasteiger partial charge in [-0.05, 0) is 29.8 Å². The molecule has 1 saturated heterocycles. The smallest absolute Gasteiger partial charge is 0.314 e. The molecule has 0 unspecified atom stereocenters. The summed E-state index contributed by atoms with van der Waals surface area (Å²) in [6, 6.07) is 9.10. The molecule has 8 heteroatoms. The molecule has 0 bridgehead atoms. The van der Waals surface area contributed by atoms with Crippen molar-refractivity contribution >= 4 is 35.3 Å². The number of rotatable bonds is 3. The normalized spacial score (nSPS) is 17.3. The van der Waals surface area contributed by atoms with Gasteiger partial charge in [0.1, 0.15) is 0 Å². The van der Waals surface area contributed by atoms with E-state index in [0.29, 0.717) is 9.90 Å². The van der Waals surface area contributed by atoms with Gasteiger partial charge in [0.2, 0.25) is 0 Å². The van der Waals surface area contributed by atoms with Crippen LogP contribution in [-0.2, 0) is 6.18 Å². The minimum Gasteiger partial charge on any atom is -0.314 e. The summed E-state index contributed by atoms with van der Waals surface area (Å²) in [5, 5.41) is 3.27. The Morgan fingerprint density at radius 1 is 1.12 bits per heavy atom. The fourth-order valence-electron chi connectivity index (χ4n) is 2.86. The third kappa shape index (κ3) is 4.43. The predicted octanol–water partition coefficient (Wildman–Crippen LogP) is 4.84. The van der Waals surface area contributed by atoms with Gasteiger partial charge in [0.05, 0.1) is 15.9 Å². The number of piperazine rings is 1. The maximum absolute atomic E-state index is 13.0. The number of thiophene rings is 1. The number of nitrogens with zero attached hydrogens (tertiary/aromatic N) is 1. The Morgan fingerprint density at radius 2 is 1.83 bits per heavy atom. The molecule has 3 rings (SSSR count). The number of alkyl halides is 3. The summed E-state index contributed by atoms with van der Waals surface area (Å²) in [5.74, 6) is 0. The summed E-state index contributed by atoms with van der Waals surface area (Å²) < 4.78 is 39.8. The lowest BCUT2D eigenvalue weighted by molar-refractivity contribution is -0.137. The predicted molar refractivity (Wildman–Crippen MR) is 94.3 cm³/mol. The lowest BCUT2D eigenvalue weighted by atomic mass is 10.00. The maximum Gasteiger partial charge on any atom is 0.416 e. The highest BCUT2D eigenvalue weighted by atomic mass is 35.5. The second-order valence-corrected chi connectivity index (χ2v) is 7.20. The van der Waals surface area contributed by atoms with E-state index in [1.807, 2.05) is 6.07 Å². The average Bonchev–Trinajstić information content (AvgIpc) is 2.94. The quantitative estimate of drug-likeness (QED) is 0.798. The van der Waals surface area contributed by atoms with Crippen LogP contribution in [0.15, 0.2) is 36.4 Å². The van der Waals surface area contributed by atoms with Crippen LogP contribution in [0.5, 0.6) is 0 Å². The monoisotopic (exact) mass is 396 g/mol. The van der Waals surface area contributed by atoms with Gasteiger partial charge in [-0.2, -0.15) is 13.2 Å². The first-order valence-electron chi connectivity index (χ1n) is 7.32. The van der Waals surface area contributed by atoms with Gasteiger partial charge in [0.25, 0.3) is 0 Å². The highest BCUT2D eigenvalue weighted by Gasteiger charge is 2.32. The molecule has 1 aliphatic rings. The summed E-state index contributed by atoms with van der Waals surface area (Å²) in [6.45, 7) is 3.23. The van der Waals surface area contributed by atoms with Gasteiger partial charge in [-0.1, -0.05) is 23.7 Å². The third-order valence-corrected chi connectivity index (χ3v) is 5.19. The molecule has 132 valence electrons. The van der Waals surface area contributed by atoms with Crippen molar-refractivity contribution in [2.24, 2.45) is 0 Å². The molecule has 1 N–H and O–H groups in total. The molecule has 0 aliphatic carbocycles. The van der Waals surface area contributed by atoms with Crippen LogP contribution in [0, 0.1) is 0 Å². The average molecular weight is 397 g/mol. The standard InChI is InChI=1S/C16H16ClF3N2S.ClH/c17-14-5-4-13(23-14)15(22-8-6-21-7-9-22)11-2-1-3-12(10-11)16(18,19)20;/h1-5,10,15,21H,6-9H2;1H/t15-;/m0./s1. The van der Waals surface area contributed by atoms with Gasteiger partial charge < -0.3 is 5.32 Å². The van der Waals surface area contributed by atoms with Crippen molar-refractivity contribution < 1.29 is 13.2 Å². The van der Waals surface area contributed by atoms with Crippen LogP contribution < -0.4 is 5.32 Å². The van der Waals surface area contributed by atoms with E-state index < -0.39 is 11.7 Å². The van der Waals surface area contributed by atoms with Crippen molar-refractivity contribution in [3.05, 3.63) is 56.7 Å². The third-order valence-electron chi connectivity index (χ3n) is 3.91. The van der Waals surface area contributed by atoms with Crippen molar-refractivity contribution in [1.82, 2.24) is 10.2 Å². The summed E-state index contributed by atoms with van der Waals surface area (Å²) in [6.07, 6.45) is -4.34. The molecule has 2 nitrogen and oxygen atoms in total. The summed E-state index contributed by atoms with van der Waals surface area (Å²) >= 11 is 7.46. The Bertz CT molecular complexity index is 669. The lowest BCUT2D eigenvalue weighted by Gasteiger charge is -2.35. The van der Waals surface area contributed by atoms with Crippen molar-refractivity contribution in [2.45, 2.75) is 12.2 Å². The molecule has 1 atom stereocenters. The van der Waals surface area contributed by atoms with Gasteiger partial charge in [-0.3, -0.25) is 4.90 Å². The minimum atomic E-state index is -4.34. The molecule has 2 heterocycles. The number of hydrogen-bond donors (Lipinski definition) is 1. The maximum atomic E-state index is 13.0. The second-order valence-electron chi connectivity index (χ2n) is 5.45. The molecule has 2 aromatic rings. The molecule has 0 saturated carbocycles. The van der Waals surface area contributed by atoms with E-state index in [4.69, 9.17) is 11.6 Å². The second kappa shape index (κ2) is 8.06. The van der Waals surface area contributed by atoms with Crippen LogP contribution in [0.3, 0.4) is 0 Å². The van der Waals surface area contributed by atoms with E-state index in [0.717, 1.165) is 37.1 Å². The zero-order valence-corrected chi connectivity index (χ0v) is 15.0. The Balaban J connectivity index is 0.00000208. The van der Waals surface area contributed by atoms with Crippen LogP contribution in [0.1, 0.15) is 22.0 Å². The first-order chi connectivity index (χ1) is 10.9. The van der Waals surface area contributed by atoms with Gasteiger partial charge in [-0.15, -0.1) is 23.7 Å². The molecular formula is C16H17Cl2F3N2S. The zero-order valence-electron chi connectivity index (χ0n) is 12.6. The molecule has 0 amide bonds. The van der Waals surface area contributed by atoms with E-state index in [2.05, 4.69) is 10.2 Å². The van der Waals surface area contributed by atoms with Crippen LogP contribution in [-0.4, -0.2) is 31.1 Å². The molecular weight excluding hydrogens is 380 g/mol. The van der Waals surface area contributed by atoms with E-state index in [1.54, 1.807) is 12.1 Å². The van der Waals surface area contributed by atoms with Crippen LogP contribution in [0.2, 0.25) is 4.34 Å². The highest BCUT2D eigenvalue weighted by Crippen LogP contribution is 2.37. The molecule has 0 spiro atoms. The Morgan fingerprint density at radius 3 is 2.42 bits per heavy atom. The van der Waals surface area contributed by atoms with E-state index >= 15 is 0 Å². The van der Waals surface area contributed by atoms with Gasteiger partial charge in [0, 0.05) is 31.1 Å². The molecule has 0 radical (unpaired) electrons. The molecule has 1 aromatic heterocycles. The SMILES string of the molecule is Cl.FC(F)(F)c1cccc([C@@H](c2ccc(Cl)s2)N2CCNCC2)c1. The fraction of sp³-hybridized carbons (Fsp3) is 0.375. The minimum absolute atomic E-state index is 0. The number of hydrogen-bond acceptors (Lipinski definition) is 3. The van der Waals surface area contributed by atoms with Gasteiger partial charge in [-0.25, -0.2) is 0 Å². The van der Waals surface area contributed by atoms with E-state index in [-0.39, 0.29) is 18.4 Å². The number of nitrogens with one attached hydrogen (secondary N) is 1. The first kappa shape index (κ1) is 19.5. The van der Waals surface area contributed by atoms with Crippen molar-refractivity contribution in [2.75, 3.05) is 26.2 Å². The van der Waals surface area contributed by atoms with E-state index in [1.165, 1.54) is 23.5 Å². The summed E-state index contributed by atoms with van der Waals surface area (Å²) in [7, 11) is 0. The molecule has 1 aromatic carbocycles. The van der Waals surface area contributed by atoms with Crippen molar-refractivity contribution in [1.29, 1.82) is 0 Å². The fourth-order valence-corrected chi connectivity index (χ4v) is 4.08. The first-order valence-corrected chi connectivity index (χ1v) is 8.52. The van der Waals surface area contributed by atoms with Crippen LogP contribution in [0.4, 0.5) is 13.2 Å². The zero-order chi connectivity index (χ0) is 16.4. The van der Waals surface area contributed by atoms with Gasteiger partial charge in [0.15, 0.2) is 0 Å². The number of halogens is 5. The Kier molecular flexibility index (Phi) is 6.56. The Hall–Kier alpha value is -0.790. The summed E-state index contributed by atoms with van der Waals surface area (Å²) in [4.78, 5) is 3.17. The van der Waals surface area contributed by atoms with E-state index in [9.17, 15) is 13.2 Å². The lowest BCUT2D eigenvalue weighted by Crippen LogP contribution is -2.45. The highest BCUT2D eigenvalue weighted by molar-refractivity contribution is 7.16. The summed E-state index contributed by atoms with van der Waals surface area (Å²) in [5.41, 5.74) is 0.0398. The molecule has 1 fully saturated rings. The van der Waals surface area contributed by atoms with Crippen molar-refractivity contribution in [3.63, 3.8) is 0 Å². The largest absolute Gasteiger partial charge is 0.416 e. The molecule has 1 aliphatic heterocycles.